The standard InChI is InChI=1S/C26H23F2N3O3/c1-17(24-29-20-14-8-9-15-22(20)31(24)26(27)28)34-23(32)16-21(18-10-4-2-5-11-18)30-25(33)19-12-6-3-7-13-19/h2-15,17,21,26H,16H2,1H3,(H,30,33). The van der Waals surface area contributed by atoms with E-state index in [0.29, 0.717) is 11.1 Å². The van der Waals surface area contributed by atoms with Crippen LogP contribution in [0.4, 0.5) is 8.78 Å². The highest BCUT2D eigenvalue weighted by molar-refractivity contribution is 5.94. The maximum Gasteiger partial charge on any atom is 0.320 e. The van der Waals surface area contributed by atoms with Crippen LogP contribution >= 0.6 is 0 Å². The molecule has 3 aromatic carbocycles. The molecule has 0 aliphatic carbocycles. The van der Waals surface area contributed by atoms with Crippen LogP contribution < -0.4 is 5.32 Å². The van der Waals surface area contributed by atoms with Crippen molar-refractivity contribution in [1.82, 2.24) is 14.9 Å². The van der Waals surface area contributed by atoms with Crippen molar-refractivity contribution in [3.63, 3.8) is 0 Å². The van der Waals surface area contributed by atoms with E-state index in [1.165, 1.54) is 13.0 Å². The number of esters is 1. The minimum atomic E-state index is -2.84. The van der Waals surface area contributed by atoms with E-state index in [0.717, 1.165) is 10.1 Å². The van der Waals surface area contributed by atoms with Gasteiger partial charge in [-0.2, -0.15) is 8.78 Å². The molecule has 2 unspecified atom stereocenters. The number of imidazole rings is 1. The quantitative estimate of drug-likeness (QED) is 0.346. The minimum absolute atomic E-state index is 0.0471. The predicted octanol–water partition coefficient (Wildman–Crippen LogP) is 5.60. The number of para-hydroxylation sites is 2. The minimum Gasteiger partial charge on any atom is -0.454 e. The van der Waals surface area contributed by atoms with Gasteiger partial charge < -0.3 is 10.1 Å². The zero-order valence-corrected chi connectivity index (χ0v) is 18.4. The third-order valence-electron chi connectivity index (χ3n) is 5.40. The zero-order chi connectivity index (χ0) is 24.1. The van der Waals surface area contributed by atoms with Crippen molar-refractivity contribution in [2.24, 2.45) is 0 Å². The van der Waals surface area contributed by atoms with Crippen LogP contribution in [0.3, 0.4) is 0 Å². The summed E-state index contributed by atoms with van der Waals surface area (Å²) in [5.74, 6) is -1.04. The Bertz CT molecular complexity index is 1280. The van der Waals surface area contributed by atoms with E-state index in [9.17, 15) is 18.4 Å². The van der Waals surface area contributed by atoms with Gasteiger partial charge in [0.05, 0.1) is 23.5 Å². The molecule has 0 aliphatic rings. The van der Waals surface area contributed by atoms with E-state index in [1.54, 1.807) is 72.8 Å². The van der Waals surface area contributed by atoms with Gasteiger partial charge in [-0.1, -0.05) is 60.7 Å². The van der Waals surface area contributed by atoms with Crippen molar-refractivity contribution in [3.8, 4) is 0 Å². The molecule has 1 heterocycles. The Hall–Kier alpha value is -4.07. The van der Waals surface area contributed by atoms with E-state index in [2.05, 4.69) is 10.3 Å². The number of hydrogen-bond acceptors (Lipinski definition) is 4. The molecule has 1 amide bonds. The van der Waals surface area contributed by atoms with Crippen LogP contribution in [0.5, 0.6) is 0 Å². The van der Waals surface area contributed by atoms with Crippen molar-refractivity contribution in [3.05, 3.63) is 102 Å². The Morgan fingerprint density at radius 2 is 1.56 bits per heavy atom. The number of nitrogens with zero attached hydrogens (tertiary/aromatic N) is 2. The molecule has 34 heavy (non-hydrogen) atoms. The molecule has 0 saturated heterocycles. The van der Waals surface area contributed by atoms with Crippen molar-refractivity contribution in [2.75, 3.05) is 0 Å². The van der Waals surface area contributed by atoms with Crippen LogP contribution in [0.25, 0.3) is 11.0 Å². The van der Waals surface area contributed by atoms with Crippen molar-refractivity contribution < 1.29 is 23.1 Å². The summed E-state index contributed by atoms with van der Waals surface area (Å²) in [6.07, 6.45) is -1.20. The van der Waals surface area contributed by atoms with Crippen molar-refractivity contribution in [1.29, 1.82) is 0 Å². The molecule has 8 heteroatoms. The van der Waals surface area contributed by atoms with Crippen LogP contribution in [-0.4, -0.2) is 21.4 Å². The van der Waals surface area contributed by atoms with Crippen molar-refractivity contribution in [2.45, 2.75) is 32.0 Å². The molecule has 6 nitrogen and oxygen atoms in total. The maximum atomic E-state index is 13.8. The molecule has 0 saturated carbocycles. The first-order valence-corrected chi connectivity index (χ1v) is 10.8. The smallest absolute Gasteiger partial charge is 0.320 e. The molecule has 1 aromatic heterocycles. The lowest BCUT2D eigenvalue weighted by Crippen LogP contribution is -2.31. The summed E-state index contributed by atoms with van der Waals surface area (Å²) in [7, 11) is 0. The average Bonchev–Trinajstić information content (AvgIpc) is 3.25. The second-order valence-corrected chi connectivity index (χ2v) is 7.75. The number of rotatable bonds is 8. The average molecular weight is 463 g/mol. The summed E-state index contributed by atoms with van der Waals surface area (Å²) in [6, 6.07) is 23.5. The summed E-state index contributed by atoms with van der Waals surface area (Å²) in [4.78, 5) is 29.8. The number of ether oxygens (including phenoxy) is 1. The van der Waals surface area contributed by atoms with Crippen LogP contribution in [0, 0.1) is 0 Å². The van der Waals surface area contributed by atoms with Gasteiger partial charge in [0.15, 0.2) is 11.9 Å². The molecule has 0 bridgehead atoms. The molecule has 2 atom stereocenters. The summed E-state index contributed by atoms with van der Waals surface area (Å²) < 4.78 is 33.8. The van der Waals surface area contributed by atoms with E-state index in [-0.39, 0.29) is 23.7 Å². The Morgan fingerprint density at radius 1 is 0.941 bits per heavy atom. The molecule has 4 rings (SSSR count). The Morgan fingerprint density at radius 3 is 2.24 bits per heavy atom. The second kappa shape index (κ2) is 10.2. The molecule has 1 N–H and O–H groups in total. The Balaban J connectivity index is 1.52. The highest BCUT2D eigenvalue weighted by atomic mass is 19.3. The van der Waals surface area contributed by atoms with E-state index in [1.807, 2.05) is 6.07 Å². The Kier molecular flexibility index (Phi) is 6.96. The van der Waals surface area contributed by atoms with Gasteiger partial charge in [-0.05, 0) is 36.8 Å². The van der Waals surface area contributed by atoms with Gasteiger partial charge in [0, 0.05) is 5.56 Å². The molecule has 174 valence electrons. The van der Waals surface area contributed by atoms with Gasteiger partial charge >= 0.3 is 12.5 Å². The van der Waals surface area contributed by atoms with Gasteiger partial charge in [-0.25, -0.2) is 4.98 Å². The summed E-state index contributed by atoms with van der Waals surface area (Å²) in [6.45, 7) is -1.34. The number of fused-ring (bicyclic) bond motifs is 1. The van der Waals surface area contributed by atoms with Gasteiger partial charge in [0.1, 0.15) is 0 Å². The largest absolute Gasteiger partial charge is 0.454 e. The number of hydrogen-bond donors (Lipinski definition) is 1. The first-order chi connectivity index (χ1) is 16.4. The van der Waals surface area contributed by atoms with Gasteiger partial charge in [-0.3, -0.25) is 14.2 Å². The highest BCUT2D eigenvalue weighted by Gasteiger charge is 2.26. The van der Waals surface area contributed by atoms with Gasteiger partial charge in [0.25, 0.3) is 5.91 Å². The normalized spacial score (nSPS) is 12.9. The van der Waals surface area contributed by atoms with Gasteiger partial charge in [-0.15, -0.1) is 0 Å². The summed E-state index contributed by atoms with van der Waals surface area (Å²) in [5, 5.41) is 2.86. The molecule has 0 spiro atoms. The number of carbonyl (C=O) groups is 2. The second-order valence-electron chi connectivity index (χ2n) is 7.75. The molecule has 0 radical (unpaired) electrons. The fourth-order valence-corrected chi connectivity index (χ4v) is 3.79. The molecular weight excluding hydrogens is 440 g/mol. The number of benzene rings is 3. The lowest BCUT2D eigenvalue weighted by molar-refractivity contribution is -0.150. The molecule has 4 aromatic rings. The number of alkyl halides is 2. The number of aromatic nitrogens is 2. The molecule has 0 fully saturated rings. The lowest BCUT2D eigenvalue weighted by Gasteiger charge is -2.20. The monoisotopic (exact) mass is 463 g/mol. The first kappa shape index (κ1) is 23.1. The summed E-state index contributed by atoms with van der Waals surface area (Å²) in [5.41, 5.74) is 1.82. The van der Waals surface area contributed by atoms with Crippen LogP contribution in [0.15, 0.2) is 84.9 Å². The number of nitrogens with one attached hydrogen (secondary N) is 1. The first-order valence-electron chi connectivity index (χ1n) is 10.8. The number of amides is 1. The van der Waals surface area contributed by atoms with Crippen LogP contribution in [-0.2, 0) is 9.53 Å². The number of halogens is 2. The van der Waals surface area contributed by atoms with E-state index >= 15 is 0 Å². The highest BCUT2D eigenvalue weighted by Crippen LogP contribution is 2.29. The SMILES string of the molecule is CC(OC(=O)CC(NC(=O)c1ccccc1)c1ccccc1)c1nc2ccccc2n1C(F)F. The van der Waals surface area contributed by atoms with Crippen molar-refractivity contribution >= 4 is 22.9 Å². The lowest BCUT2D eigenvalue weighted by atomic mass is 10.0. The van der Waals surface area contributed by atoms with E-state index < -0.39 is 24.7 Å². The molecular formula is C26H23F2N3O3. The maximum absolute atomic E-state index is 13.8. The van der Waals surface area contributed by atoms with Crippen LogP contribution in [0.2, 0.25) is 0 Å². The summed E-state index contributed by atoms with van der Waals surface area (Å²) >= 11 is 0. The molecule has 0 aliphatic heterocycles. The zero-order valence-electron chi connectivity index (χ0n) is 18.4. The Labute approximate surface area is 195 Å². The third-order valence-corrected chi connectivity index (χ3v) is 5.40. The fraction of sp³-hybridized carbons (Fsp3) is 0.192. The van der Waals surface area contributed by atoms with E-state index in [4.69, 9.17) is 4.74 Å². The topological polar surface area (TPSA) is 73.2 Å². The predicted molar refractivity (Wildman–Crippen MR) is 123 cm³/mol. The number of carbonyl (C=O) groups excluding carboxylic acids is 2. The van der Waals surface area contributed by atoms with Gasteiger partial charge in [0.2, 0.25) is 0 Å². The fourth-order valence-electron chi connectivity index (χ4n) is 3.79. The van der Waals surface area contributed by atoms with Crippen LogP contribution in [0.1, 0.15) is 53.8 Å². The third kappa shape index (κ3) is 5.11.